The van der Waals surface area contributed by atoms with Crippen LogP contribution in [0.15, 0.2) is 17.2 Å². The molecule has 1 aliphatic heterocycles. The van der Waals surface area contributed by atoms with E-state index in [0.29, 0.717) is 24.0 Å². The second kappa shape index (κ2) is 5.01. The molecule has 0 radical (unpaired) electrons. The molecule has 5 nitrogen and oxygen atoms in total. The predicted molar refractivity (Wildman–Crippen MR) is 67.4 cm³/mol. The smallest absolute Gasteiger partial charge is 0.244 e. The third kappa shape index (κ3) is 2.67. The number of aromatic amines is 1. The zero-order valence-corrected chi connectivity index (χ0v) is 11.2. The van der Waals surface area contributed by atoms with Gasteiger partial charge in [0.1, 0.15) is 0 Å². The van der Waals surface area contributed by atoms with Crippen molar-refractivity contribution < 1.29 is 13.5 Å². The molecule has 1 aromatic rings. The minimum Gasteiger partial charge on any atom is -0.390 e. The van der Waals surface area contributed by atoms with Crippen LogP contribution >= 0.6 is 11.8 Å². The Kier molecular flexibility index (Phi) is 3.82. The normalized spacial score (nSPS) is 22.8. The van der Waals surface area contributed by atoms with Gasteiger partial charge in [-0.15, -0.1) is 0 Å². The van der Waals surface area contributed by atoms with E-state index in [9.17, 15) is 8.42 Å². The number of aliphatic hydroxyl groups is 1. The average molecular weight is 276 g/mol. The lowest BCUT2D eigenvalue weighted by Crippen LogP contribution is -2.40. The van der Waals surface area contributed by atoms with Crippen LogP contribution in [-0.4, -0.2) is 46.9 Å². The quantitative estimate of drug-likeness (QED) is 0.849. The summed E-state index contributed by atoms with van der Waals surface area (Å²) >= 11 is 1.79. The molecular formula is C10H16N2O3S2. The highest BCUT2D eigenvalue weighted by Crippen LogP contribution is 2.24. The second-order valence-corrected chi connectivity index (χ2v) is 7.55. The first-order valence-electron chi connectivity index (χ1n) is 5.44. The number of hydrogen-bond donors (Lipinski definition) is 2. The van der Waals surface area contributed by atoms with Gasteiger partial charge in [0.25, 0.3) is 0 Å². The van der Waals surface area contributed by atoms with Crippen molar-refractivity contribution >= 4 is 21.8 Å². The molecule has 0 bridgehead atoms. The number of nitrogens with one attached hydrogen (secondary N) is 1. The number of hydrogen-bond acceptors (Lipinski definition) is 4. The molecule has 1 unspecified atom stereocenters. The van der Waals surface area contributed by atoms with E-state index >= 15 is 0 Å². The van der Waals surface area contributed by atoms with Crippen LogP contribution in [0.2, 0.25) is 0 Å². The summed E-state index contributed by atoms with van der Waals surface area (Å²) < 4.78 is 26.1. The molecule has 0 amide bonds. The molecule has 2 rings (SSSR count). The summed E-state index contributed by atoms with van der Waals surface area (Å²) in [7, 11) is -3.41. The molecule has 17 heavy (non-hydrogen) atoms. The maximum atomic E-state index is 12.3. The van der Waals surface area contributed by atoms with E-state index in [4.69, 9.17) is 5.11 Å². The summed E-state index contributed by atoms with van der Waals surface area (Å²) in [4.78, 5) is 2.99. The van der Waals surface area contributed by atoms with Crippen molar-refractivity contribution in [3.05, 3.63) is 18.0 Å². The fourth-order valence-electron chi connectivity index (χ4n) is 1.81. The molecule has 0 spiro atoms. The first-order chi connectivity index (χ1) is 8.04. The first kappa shape index (κ1) is 12.9. The van der Waals surface area contributed by atoms with Gasteiger partial charge in [-0.2, -0.15) is 16.1 Å². The topological polar surface area (TPSA) is 73.4 Å². The molecule has 0 saturated carbocycles. The van der Waals surface area contributed by atoms with Gasteiger partial charge in [0.15, 0.2) is 0 Å². The highest BCUT2D eigenvalue weighted by Gasteiger charge is 2.29. The monoisotopic (exact) mass is 276 g/mol. The Bertz CT molecular complexity index is 483. The third-order valence-electron chi connectivity index (χ3n) is 2.73. The van der Waals surface area contributed by atoms with Gasteiger partial charge in [-0.25, -0.2) is 8.42 Å². The van der Waals surface area contributed by atoms with Gasteiger partial charge in [0.05, 0.1) is 11.5 Å². The number of aliphatic hydroxyl groups excluding tert-OH is 1. The summed E-state index contributed by atoms with van der Waals surface area (Å²) in [6.45, 7) is 2.95. The maximum Gasteiger partial charge on any atom is 0.244 e. The zero-order valence-electron chi connectivity index (χ0n) is 9.59. The van der Waals surface area contributed by atoms with Crippen molar-refractivity contribution in [3.63, 3.8) is 0 Å². The highest BCUT2D eigenvalue weighted by atomic mass is 32.2. The van der Waals surface area contributed by atoms with Crippen LogP contribution in [0.5, 0.6) is 0 Å². The number of H-pyrrole nitrogens is 1. The van der Waals surface area contributed by atoms with Crippen molar-refractivity contribution in [2.75, 3.05) is 18.8 Å². The van der Waals surface area contributed by atoms with E-state index < -0.39 is 10.0 Å². The lowest BCUT2D eigenvalue weighted by molar-refractivity contribution is 0.277. The van der Waals surface area contributed by atoms with E-state index in [-0.39, 0.29) is 11.5 Å². The highest BCUT2D eigenvalue weighted by molar-refractivity contribution is 8.00. The molecule has 0 aromatic carbocycles. The molecule has 2 heterocycles. The standard InChI is InChI=1S/C10H16N2O3S2/c1-8-6-12(2-3-16-8)17(14,15)10-4-9(7-13)11-5-10/h4-5,8,11,13H,2-3,6-7H2,1H3. The van der Waals surface area contributed by atoms with Gasteiger partial charge >= 0.3 is 0 Å². The van der Waals surface area contributed by atoms with Crippen molar-refractivity contribution in [1.29, 1.82) is 0 Å². The van der Waals surface area contributed by atoms with Gasteiger partial charge in [0.2, 0.25) is 10.0 Å². The van der Waals surface area contributed by atoms with Gasteiger partial charge in [-0.1, -0.05) is 6.92 Å². The number of nitrogens with zero attached hydrogens (tertiary/aromatic N) is 1. The molecule has 96 valence electrons. The van der Waals surface area contributed by atoms with Crippen molar-refractivity contribution in [2.45, 2.75) is 23.7 Å². The molecule has 1 aliphatic rings. The largest absolute Gasteiger partial charge is 0.390 e. The van der Waals surface area contributed by atoms with Crippen LogP contribution in [0.1, 0.15) is 12.6 Å². The lowest BCUT2D eigenvalue weighted by Gasteiger charge is -2.29. The van der Waals surface area contributed by atoms with E-state index in [1.165, 1.54) is 16.6 Å². The van der Waals surface area contributed by atoms with Gasteiger partial charge < -0.3 is 10.1 Å². The van der Waals surface area contributed by atoms with Crippen LogP contribution in [0.25, 0.3) is 0 Å². The van der Waals surface area contributed by atoms with Crippen molar-refractivity contribution in [3.8, 4) is 0 Å². The minimum atomic E-state index is -3.41. The number of thioether (sulfide) groups is 1. The molecule has 1 fully saturated rings. The fourth-order valence-corrected chi connectivity index (χ4v) is 4.59. The number of aromatic nitrogens is 1. The Morgan fingerprint density at radius 1 is 1.65 bits per heavy atom. The van der Waals surface area contributed by atoms with E-state index in [1.807, 2.05) is 6.92 Å². The van der Waals surface area contributed by atoms with Crippen LogP contribution < -0.4 is 0 Å². The molecule has 0 aliphatic carbocycles. The summed E-state index contributed by atoms with van der Waals surface area (Å²) in [5.41, 5.74) is 0.517. The van der Waals surface area contributed by atoms with Crippen LogP contribution in [0.4, 0.5) is 0 Å². The van der Waals surface area contributed by atoms with E-state index in [2.05, 4.69) is 4.98 Å². The maximum absolute atomic E-state index is 12.3. The van der Waals surface area contributed by atoms with Gasteiger partial charge in [0, 0.05) is 36.0 Å². The Hall–Kier alpha value is -0.500. The SMILES string of the molecule is CC1CN(S(=O)(=O)c2c[nH]c(CO)c2)CCS1. The Labute approximate surface area is 105 Å². The van der Waals surface area contributed by atoms with E-state index in [0.717, 1.165) is 5.75 Å². The van der Waals surface area contributed by atoms with Crippen LogP contribution in [0.3, 0.4) is 0 Å². The van der Waals surface area contributed by atoms with Crippen LogP contribution in [-0.2, 0) is 16.6 Å². The summed E-state index contributed by atoms with van der Waals surface area (Å²) in [6.07, 6.45) is 1.44. The summed E-state index contributed by atoms with van der Waals surface area (Å²) in [5.74, 6) is 0.831. The Morgan fingerprint density at radius 2 is 2.41 bits per heavy atom. The Balaban J connectivity index is 2.23. The van der Waals surface area contributed by atoms with E-state index in [1.54, 1.807) is 11.8 Å². The third-order valence-corrected chi connectivity index (χ3v) is 5.71. The molecule has 1 saturated heterocycles. The number of rotatable bonds is 3. The second-order valence-electron chi connectivity index (χ2n) is 4.06. The van der Waals surface area contributed by atoms with Gasteiger partial charge in [-0.3, -0.25) is 0 Å². The lowest BCUT2D eigenvalue weighted by atomic mass is 10.4. The fraction of sp³-hybridized carbons (Fsp3) is 0.600. The molecule has 1 atom stereocenters. The summed E-state index contributed by atoms with van der Waals surface area (Å²) in [5, 5.41) is 9.25. The van der Waals surface area contributed by atoms with Crippen LogP contribution in [0, 0.1) is 0 Å². The molecule has 2 N–H and O–H groups in total. The van der Waals surface area contributed by atoms with Gasteiger partial charge in [-0.05, 0) is 6.07 Å². The summed E-state index contributed by atoms with van der Waals surface area (Å²) in [6, 6.07) is 1.49. The Morgan fingerprint density at radius 3 is 3.00 bits per heavy atom. The van der Waals surface area contributed by atoms with Crippen molar-refractivity contribution in [1.82, 2.24) is 9.29 Å². The number of sulfonamides is 1. The minimum absolute atomic E-state index is 0.179. The molecular weight excluding hydrogens is 260 g/mol. The average Bonchev–Trinajstić information content (AvgIpc) is 2.78. The molecule has 1 aromatic heterocycles. The zero-order chi connectivity index (χ0) is 12.5. The van der Waals surface area contributed by atoms with Crippen molar-refractivity contribution in [2.24, 2.45) is 0 Å². The first-order valence-corrected chi connectivity index (χ1v) is 7.93. The predicted octanol–water partition coefficient (Wildman–Crippen LogP) is 0.633. The molecule has 7 heteroatoms.